The fraction of sp³-hybridized carbons (Fsp3) is 0.481. The molecule has 0 aromatic heterocycles. The van der Waals surface area contributed by atoms with Crippen LogP contribution in [0.1, 0.15) is 79.8 Å². The molecule has 0 heterocycles. The largest absolute Gasteiger partial charge is 0.481 e. The third kappa shape index (κ3) is 5.50. The number of nitrogens with one attached hydrogen (secondary N) is 2. The molecule has 2 aromatic carbocycles. The molecule has 4 rings (SSSR count). The van der Waals surface area contributed by atoms with E-state index in [9.17, 15) is 9.59 Å². The van der Waals surface area contributed by atoms with Crippen molar-refractivity contribution in [2.24, 2.45) is 0 Å². The zero-order valence-electron chi connectivity index (χ0n) is 19.0. The summed E-state index contributed by atoms with van der Waals surface area (Å²) in [6.07, 6.45) is 10.1. The minimum absolute atomic E-state index is 0.128. The quantitative estimate of drug-likeness (QED) is 0.611. The van der Waals surface area contributed by atoms with Gasteiger partial charge in [-0.05, 0) is 80.3 Å². The van der Waals surface area contributed by atoms with E-state index in [1.807, 2.05) is 25.1 Å². The van der Waals surface area contributed by atoms with Crippen LogP contribution in [-0.2, 0) is 17.6 Å². The lowest BCUT2D eigenvalue weighted by atomic mass is 9.92. The first-order chi connectivity index (χ1) is 15.6. The third-order valence-electron chi connectivity index (χ3n) is 6.63. The van der Waals surface area contributed by atoms with Crippen LogP contribution in [0.5, 0.6) is 5.75 Å². The third-order valence-corrected chi connectivity index (χ3v) is 6.63. The molecule has 5 nitrogen and oxygen atoms in total. The lowest BCUT2D eigenvalue weighted by molar-refractivity contribution is -0.122. The number of rotatable bonds is 7. The molecule has 0 unspecified atom stereocenters. The molecule has 32 heavy (non-hydrogen) atoms. The van der Waals surface area contributed by atoms with Crippen molar-refractivity contribution in [2.75, 3.05) is 5.32 Å². The fourth-order valence-electron chi connectivity index (χ4n) is 4.78. The average Bonchev–Trinajstić information content (AvgIpc) is 2.83. The van der Waals surface area contributed by atoms with Crippen LogP contribution in [0.15, 0.2) is 42.5 Å². The number of benzene rings is 2. The number of para-hydroxylation sites is 1. The van der Waals surface area contributed by atoms with Gasteiger partial charge in [0.05, 0.1) is 11.3 Å². The number of ether oxygens (including phenoxy) is 1. The van der Waals surface area contributed by atoms with E-state index >= 15 is 0 Å². The van der Waals surface area contributed by atoms with Gasteiger partial charge in [-0.15, -0.1) is 0 Å². The van der Waals surface area contributed by atoms with Gasteiger partial charge in [-0.3, -0.25) is 9.59 Å². The molecule has 0 radical (unpaired) electrons. The predicted molar refractivity (Wildman–Crippen MR) is 127 cm³/mol. The van der Waals surface area contributed by atoms with Gasteiger partial charge in [0.15, 0.2) is 6.10 Å². The van der Waals surface area contributed by atoms with E-state index in [0.29, 0.717) is 17.7 Å². The van der Waals surface area contributed by atoms with Gasteiger partial charge < -0.3 is 15.4 Å². The number of anilines is 1. The van der Waals surface area contributed by atoms with E-state index in [-0.39, 0.29) is 17.9 Å². The molecule has 5 heteroatoms. The fourth-order valence-corrected chi connectivity index (χ4v) is 4.78. The Bertz CT molecular complexity index is 950. The predicted octanol–water partition coefficient (Wildman–Crippen LogP) is 5.42. The van der Waals surface area contributed by atoms with E-state index in [1.54, 1.807) is 12.1 Å². The molecule has 1 atom stereocenters. The molecular weight excluding hydrogens is 400 g/mol. The number of amides is 2. The summed E-state index contributed by atoms with van der Waals surface area (Å²) < 4.78 is 6.07. The van der Waals surface area contributed by atoms with Gasteiger partial charge in [0.2, 0.25) is 0 Å². The van der Waals surface area contributed by atoms with Gasteiger partial charge in [-0.2, -0.15) is 0 Å². The van der Waals surface area contributed by atoms with Crippen LogP contribution in [0.2, 0.25) is 0 Å². The summed E-state index contributed by atoms with van der Waals surface area (Å²) in [7, 11) is 0. The Morgan fingerprint density at radius 3 is 2.50 bits per heavy atom. The minimum atomic E-state index is -0.619. The highest BCUT2D eigenvalue weighted by atomic mass is 16.5. The summed E-state index contributed by atoms with van der Waals surface area (Å²) in [6, 6.07) is 13.6. The van der Waals surface area contributed by atoms with Crippen molar-refractivity contribution < 1.29 is 14.3 Å². The molecule has 2 aliphatic carbocycles. The second-order valence-electron chi connectivity index (χ2n) is 9.00. The summed E-state index contributed by atoms with van der Waals surface area (Å²) in [5, 5.41) is 6.08. The second kappa shape index (κ2) is 10.7. The molecule has 2 aliphatic rings. The molecule has 2 aromatic rings. The monoisotopic (exact) mass is 434 g/mol. The Balaban J connectivity index is 1.42. The molecule has 170 valence electrons. The Kier molecular flexibility index (Phi) is 7.46. The van der Waals surface area contributed by atoms with Gasteiger partial charge in [0, 0.05) is 6.04 Å². The van der Waals surface area contributed by atoms with Crippen LogP contribution in [0.4, 0.5) is 5.69 Å². The van der Waals surface area contributed by atoms with E-state index in [4.69, 9.17) is 4.74 Å². The van der Waals surface area contributed by atoms with Gasteiger partial charge in [-0.25, -0.2) is 0 Å². The Hall–Kier alpha value is -2.82. The molecule has 0 aliphatic heterocycles. The number of aryl methyl sites for hydroxylation is 2. The highest BCUT2D eigenvalue weighted by Crippen LogP contribution is 2.27. The maximum atomic E-state index is 13.0. The van der Waals surface area contributed by atoms with Crippen LogP contribution in [-0.4, -0.2) is 24.0 Å². The van der Waals surface area contributed by atoms with Gasteiger partial charge >= 0.3 is 0 Å². The minimum Gasteiger partial charge on any atom is -0.481 e. The molecule has 0 bridgehead atoms. The van der Waals surface area contributed by atoms with Crippen LogP contribution < -0.4 is 15.4 Å². The highest BCUT2D eigenvalue weighted by molar-refractivity contribution is 6.04. The van der Waals surface area contributed by atoms with Crippen molar-refractivity contribution in [3.8, 4) is 5.75 Å². The zero-order valence-corrected chi connectivity index (χ0v) is 19.0. The Labute approximate surface area is 190 Å². The van der Waals surface area contributed by atoms with Crippen LogP contribution in [0, 0.1) is 0 Å². The summed E-state index contributed by atoms with van der Waals surface area (Å²) in [6.45, 7) is 1.93. The van der Waals surface area contributed by atoms with Crippen LogP contribution in [0.3, 0.4) is 0 Å². The maximum absolute atomic E-state index is 13.0. The molecule has 0 saturated heterocycles. The molecule has 1 saturated carbocycles. The van der Waals surface area contributed by atoms with E-state index in [1.165, 1.54) is 30.4 Å². The van der Waals surface area contributed by atoms with Crippen molar-refractivity contribution in [1.29, 1.82) is 0 Å². The molecule has 1 fully saturated rings. The highest BCUT2D eigenvalue weighted by Gasteiger charge is 2.23. The average molecular weight is 435 g/mol. The normalized spacial score (nSPS) is 17.2. The second-order valence-corrected chi connectivity index (χ2v) is 9.00. The van der Waals surface area contributed by atoms with E-state index < -0.39 is 6.10 Å². The first-order valence-electron chi connectivity index (χ1n) is 12.1. The molecule has 2 N–H and O–H groups in total. The smallest absolute Gasteiger partial charge is 0.265 e. The van der Waals surface area contributed by atoms with Crippen molar-refractivity contribution in [1.82, 2.24) is 5.32 Å². The summed E-state index contributed by atoms with van der Waals surface area (Å²) in [4.78, 5) is 25.9. The zero-order chi connectivity index (χ0) is 22.3. The van der Waals surface area contributed by atoms with Crippen LogP contribution in [0.25, 0.3) is 0 Å². The summed E-state index contributed by atoms with van der Waals surface area (Å²) >= 11 is 0. The molecule has 0 spiro atoms. The summed E-state index contributed by atoms with van der Waals surface area (Å²) in [5.74, 6) is 0.371. The Morgan fingerprint density at radius 2 is 1.72 bits per heavy atom. The topological polar surface area (TPSA) is 67.4 Å². The summed E-state index contributed by atoms with van der Waals surface area (Å²) in [5.41, 5.74) is 3.74. The number of hydrogen-bond donors (Lipinski definition) is 2. The van der Waals surface area contributed by atoms with Gasteiger partial charge in [0.1, 0.15) is 5.75 Å². The molecular formula is C27H34N2O3. The van der Waals surface area contributed by atoms with E-state index in [2.05, 4.69) is 22.8 Å². The Morgan fingerprint density at radius 1 is 0.969 bits per heavy atom. The number of carbonyl (C=O) groups is 2. The van der Waals surface area contributed by atoms with Crippen LogP contribution >= 0.6 is 0 Å². The first-order valence-corrected chi connectivity index (χ1v) is 12.1. The van der Waals surface area contributed by atoms with Crippen molar-refractivity contribution in [3.63, 3.8) is 0 Å². The maximum Gasteiger partial charge on any atom is 0.265 e. The number of hydrogen-bond acceptors (Lipinski definition) is 3. The lowest BCUT2D eigenvalue weighted by Gasteiger charge is -2.24. The van der Waals surface area contributed by atoms with Crippen molar-refractivity contribution in [3.05, 3.63) is 59.2 Å². The number of carbonyl (C=O) groups excluding carboxylic acids is 2. The molecule has 2 amide bonds. The first kappa shape index (κ1) is 22.4. The number of fused-ring (bicyclic) bond motifs is 1. The van der Waals surface area contributed by atoms with Gasteiger partial charge in [0.25, 0.3) is 11.8 Å². The standard InChI is InChI=1S/C27H34N2O3/c1-2-25(32-22-17-16-19-10-6-7-11-20(19)18-22)27(31)29-24-15-9-8-14-23(24)26(30)28-21-12-4-3-5-13-21/h8-9,14-18,21,25H,2-7,10-13H2,1H3,(H,28,30)(H,29,31)/t25-/m1/s1. The SMILES string of the molecule is CC[C@@H](Oc1ccc2c(c1)CCCC2)C(=O)Nc1ccccc1C(=O)NC1CCCCC1. The lowest BCUT2D eigenvalue weighted by Crippen LogP contribution is -2.37. The van der Waals surface area contributed by atoms with Crippen molar-refractivity contribution >= 4 is 17.5 Å². The van der Waals surface area contributed by atoms with E-state index in [0.717, 1.165) is 44.3 Å². The van der Waals surface area contributed by atoms with Crippen molar-refractivity contribution in [2.45, 2.75) is 83.3 Å². The van der Waals surface area contributed by atoms with Gasteiger partial charge in [-0.1, -0.05) is 44.4 Å².